The second kappa shape index (κ2) is 8.14. The third-order valence-corrected chi connectivity index (χ3v) is 6.11. The van der Waals surface area contributed by atoms with E-state index in [1.54, 1.807) is 7.11 Å². The average Bonchev–Trinajstić information content (AvgIpc) is 2.96. The molecule has 0 saturated carbocycles. The fourth-order valence-corrected chi connectivity index (χ4v) is 4.54. The molecule has 3 aromatic rings. The Kier molecular flexibility index (Phi) is 5.43. The van der Waals surface area contributed by atoms with Crippen LogP contribution in [0, 0.1) is 0 Å². The highest BCUT2D eigenvalue weighted by Crippen LogP contribution is 2.31. The number of carbonyl (C=O) groups excluding carboxylic acids is 1. The van der Waals surface area contributed by atoms with Crippen LogP contribution in [0.1, 0.15) is 25.7 Å². The van der Waals surface area contributed by atoms with Gasteiger partial charge in [0.1, 0.15) is 17.1 Å². The maximum atomic E-state index is 13.1. The number of thiophene rings is 1. The van der Waals surface area contributed by atoms with Gasteiger partial charge in [-0.05, 0) is 30.5 Å². The first kappa shape index (κ1) is 18.7. The number of amides is 1. The van der Waals surface area contributed by atoms with Crippen LogP contribution >= 0.6 is 11.3 Å². The quantitative estimate of drug-likeness (QED) is 0.676. The average molecular weight is 398 g/mol. The number of fused-ring (bicyclic) bond motifs is 1. The first-order chi connectivity index (χ1) is 13.7. The van der Waals surface area contributed by atoms with E-state index in [9.17, 15) is 9.59 Å². The van der Waals surface area contributed by atoms with Crippen LogP contribution in [0.25, 0.3) is 21.3 Å². The standard InChI is InChI=1S/C21H23N3O3S/c1-27-16-8-6-15(7-9-16)17-13-28-20-19(17)21(26)24(14-22-20)12-18(25)23-10-4-2-3-5-11-23/h6-9,13-14H,2-5,10-12H2,1H3. The molecule has 146 valence electrons. The Balaban J connectivity index is 1.66. The van der Waals surface area contributed by atoms with Crippen LogP contribution in [0.3, 0.4) is 0 Å². The Hall–Kier alpha value is -2.67. The number of benzene rings is 1. The summed E-state index contributed by atoms with van der Waals surface area (Å²) in [5.41, 5.74) is 1.61. The molecule has 0 N–H and O–H groups in total. The van der Waals surface area contributed by atoms with Crippen molar-refractivity contribution in [3.63, 3.8) is 0 Å². The van der Waals surface area contributed by atoms with Crippen LogP contribution in [-0.4, -0.2) is 40.6 Å². The Morgan fingerprint density at radius 2 is 1.86 bits per heavy atom. The highest BCUT2D eigenvalue weighted by atomic mass is 32.1. The van der Waals surface area contributed by atoms with Crippen LogP contribution in [0.2, 0.25) is 0 Å². The van der Waals surface area contributed by atoms with E-state index in [1.165, 1.54) is 22.2 Å². The lowest BCUT2D eigenvalue weighted by molar-refractivity contribution is -0.131. The molecular formula is C21H23N3O3S. The summed E-state index contributed by atoms with van der Waals surface area (Å²) in [5.74, 6) is 0.758. The number of aromatic nitrogens is 2. The van der Waals surface area contributed by atoms with Crippen molar-refractivity contribution in [2.24, 2.45) is 0 Å². The van der Waals surface area contributed by atoms with Gasteiger partial charge >= 0.3 is 0 Å². The molecule has 0 aliphatic carbocycles. The topological polar surface area (TPSA) is 64.4 Å². The molecule has 1 aliphatic heterocycles. The molecule has 0 unspecified atom stereocenters. The van der Waals surface area contributed by atoms with Crippen molar-refractivity contribution in [1.29, 1.82) is 0 Å². The fraction of sp³-hybridized carbons (Fsp3) is 0.381. The molecule has 28 heavy (non-hydrogen) atoms. The van der Waals surface area contributed by atoms with Gasteiger partial charge in [0.05, 0.1) is 18.8 Å². The fourth-order valence-electron chi connectivity index (χ4n) is 3.63. The van der Waals surface area contributed by atoms with E-state index < -0.39 is 0 Å². The molecule has 6 nitrogen and oxygen atoms in total. The molecule has 7 heteroatoms. The first-order valence-corrected chi connectivity index (χ1v) is 10.4. The smallest absolute Gasteiger partial charge is 0.263 e. The number of methoxy groups -OCH3 is 1. The zero-order chi connectivity index (χ0) is 19.5. The summed E-state index contributed by atoms with van der Waals surface area (Å²) in [7, 11) is 1.62. The largest absolute Gasteiger partial charge is 0.497 e. The van der Waals surface area contributed by atoms with Crippen LogP contribution in [0.5, 0.6) is 5.75 Å². The molecule has 1 amide bonds. The molecule has 4 rings (SSSR count). The first-order valence-electron chi connectivity index (χ1n) is 9.56. The zero-order valence-corrected chi connectivity index (χ0v) is 16.7. The Bertz CT molecular complexity index is 1030. The van der Waals surface area contributed by atoms with Gasteiger partial charge in [-0.3, -0.25) is 14.2 Å². The molecule has 2 aromatic heterocycles. The van der Waals surface area contributed by atoms with E-state index >= 15 is 0 Å². The van der Waals surface area contributed by atoms with E-state index in [0.29, 0.717) is 10.2 Å². The normalized spacial score (nSPS) is 14.8. The van der Waals surface area contributed by atoms with Gasteiger partial charge in [0.25, 0.3) is 5.56 Å². The number of likely N-dealkylation sites (tertiary alicyclic amines) is 1. The van der Waals surface area contributed by atoms with E-state index in [1.807, 2.05) is 34.5 Å². The van der Waals surface area contributed by atoms with Crippen molar-refractivity contribution in [2.75, 3.05) is 20.2 Å². The van der Waals surface area contributed by atoms with Crippen molar-refractivity contribution in [3.05, 3.63) is 46.3 Å². The molecule has 0 spiro atoms. The van der Waals surface area contributed by atoms with Crippen LogP contribution in [0.4, 0.5) is 0 Å². The Labute approximate surface area is 167 Å². The van der Waals surface area contributed by atoms with Gasteiger partial charge in [0.2, 0.25) is 5.91 Å². The number of hydrogen-bond acceptors (Lipinski definition) is 5. The van der Waals surface area contributed by atoms with Gasteiger partial charge in [-0.2, -0.15) is 0 Å². The lowest BCUT2D eigenvalue weighted by Gasteiger charge is -2.20. The van der Waals surface area contributed by atoms with Crippen molar-refractivity contribution in [3.8, 4) is 16.9 Å². The van der Waals surface area contributed by atoms with Crippen LogP contribution < -0.4 is 10.3 Å². The minimum absolute atomic E-state index is 0.00798. The second-order valence-corrected chi connectivity index (χ2v) is 7.89. The molecule has 3 heterocycles. The lowest BCUT2D eigenvalue weighted by atomic mass is 10.1. The molecule has 1 fully saturated rings. The molecule has 1 saturated heterocycles. The minimum atomic E-state index is -0.166. The van der Waals surface area contributed by atoms with Gasteiger partial charge in [-0.25, -0.2) is 4.98 Å². The van der Waals surface area contributed by atoms with Gasteiger partial charge in [0.15, 0.2) is 0 Å². The van der Waals surface area contributed by atoms with Gasteiger partial charge in [-0.1, -0.05) is 25.0 Å². The molecule has 1 aliphatic rings. The maximum Gasteiger partial charge on any atom is 0.263 e. The van der Waals surface area contributed by atoms with Crippen LogP contribution in [-0.2, 0) is 11.3 Å². The summed E-state index contributed by atoms with van der Waals surface area (Å²) < 4.78 is 6.65. The monoisotopic (exact) mass is 397 g/mol. The molecule has 0 bridgehead atoms. The number of ether oxygens (including phenoxy) is 1. The van der Waals surface area contributed by atoms with Crippen molar-refractivity contribution < 1.29 is 9.53 Å². The van der Waals surface area contributed by atoms with E-state index in [2.05, 4.69) is 4.98 Å². The summed E-state index contributed by atoms with van der Waals surface area (Å²) in [6, 6.07) is 7.60. The number of hydrogen-bond donors (Lipinski definition) is 0. The summed E-state index contributed by atoms with van der Waals surface area (Å²) in [6.45, 7) is 1.59. The van der Waals surface area contributed by atoms with E-state index in [0.717, 1.165) is 55.6 Å². The SMILES string of the molecule is COc1ccc(-c2csc3ncn(CC(=O)N4CCCCCC4)c(=O)c23)cc1. The van der Waals surface area contributed by atoms with E-state index in [4.69, 9.17) is 4.74 Å². The van der Waals surface area contributed by atoms with Crippen molar-refractivity contribution >= 4 is 27.5 Å². The molecular weight excluding hydrogens is 374 g/mol. The molecule has 0 atom stereocenters. The highest BCUT2D eigenvalue weighted by Gasteiger charge is 2.19. The highest BCUT2D eigenvalue weighted by molar-refractivity contribution is 7.17. The summed E-state index contributed by atoms with van der Waals surface area (Å²) in [4.78, 5) is 32.8. The Morgan fingerprint density at radius 3 is 2.54 bits per heavy atom. The summed E-state index contributed by atoms with van der Waals surface area (Å²) in [5, 5.41) is 2.52. The summed E-state index contributed by atoms with van der Waals surface area (Å²) in [6.07, 6.45) is 5.89. The molecule has 0 radical (unpaired) electrons. The zero-order valence-electron chi connectivity index (χ0n) is 15.9. The lowest BCUT2D eigenvalue weighted by Crippen LogP contribution is -2.37. The summed E-state index contributed by atoms with van der Waals surface area (Å²) >= 11 is 1.44. The van der Waals surface area contributed by atoms with Crippen molar-refractivity contribution in [2.45, 2.75) is 32.2 Å². The van der Waals surface area contributed by atoms with Gasteiger partial charge in [-0.15, -0.1) is 11.3 Å². The second-order valence-electron chi connectivity index (χ2n) is 7.03. The Morgan fingerprint density at radius 1 is 1.14 bits per heavy atom. The van der Waals surface area contributed by atoms with Crippen molar-refractivity contribution in [1.82, 2.24) is 14.5 Å². The van der Waals surface area contributed by atoms with Gasteiger partial charge < -0.3 is 9.64 Å². The van der Waals surface area contributed by atoms with Crippen LogP contribution in [0.15, 0.2) is 40.8 Å². The molecule has 1 aromatic carbocycles. The number of carbonyl (C=O) groups is 1. The number of nitrogens with zero attached hydrogens (tertiary/aromatic N) is 3. The maximum absolute atomic E-state index is 13.1. The number of rotatable bonds is 4. The van der Waals surface area contributed by atoms with E-state index in [-0.39, 0.29) is 18.0 Å². The third kappa shape index (κ3) is 3.67. The predicted octanol–water partition coefficient (Wildman–Crippen LogP) is 3.54. The minimum Gasteiger partial charge on any atom is -0.497 e. The van der Waals surface area contributed by atoms with Gasteiger partial charge in [0, 0.05) is 24.0 Å². The predicted molar refractivity (Wildman–Crippen MR) is 111 cm³/mol. The third-order valence-electron chi connectivity index (χ3n) is 5.23.